The largest absolute Gasteiger partial charge is 0.306 e. The molecule has 0 bridgehead atoms. The number of hydrogen-bond acceptors (Lipinski definition) is 5. The van der Waals surface area contributed by atoms with E-state index in [2.05, 4.69) is 232 Å². The fraction of sp³-hybridized carbons (Fsp3) is 0.0333. The lowest BCUT2D eigenvalue weighted by Crippen LogP contribution is -2.30. The Kier molecular flexibility index (Phi) is 9.28. The molecule has 306 valence electrons. The standard InChI is InChI=1S/C60H41N5/c61-39-51-28-21-49(40-62-51)50-37-58-60-59(38-50)64(53-31-24-46(25-32-53)42-15-7-2-8-16-42)55-34-27-48(44-19-11-4-12-20-44)36-57(55)65(60)56-35-47(43-17-9-3-10-18-43)26-33-54(56)63(58)52-29-22-45(23-30-52)41-13-5-1-6-14-41/h1,3-7,9-38,40H,2,8H2. The zero-order valence-corrected chi connectivity index (χ0v) is 35.5. The van der Waals surface area contributed by atoms with Gasteiger partial charge in [-0.05, 0) is 136 Å². The number of allylic oxidation sites excluding steroid dienone is 4. The van der Waals surface area contributed by atoms with E-state index >= 15 is 0 Å². The van der Waals surface area contributed by atoms with E-state index in [1.54, 1.807) is 6.07 Å². The minimum Gasteiger partial charge on any atom is -0.306 e. The van der Waals surface area contributed by atoms with E-state index in [0.29, 0.717) is 5.69 Å². The van der Waals surface area contributed by atoms with Gasteiger partial charge in [0, 0.05) is 23.1 Å². The fourth-order valence-electron chi connectivity index (χ4n) is 9.63. The van der Waals surface area contributed by atoms with Crippen LogP contribution in [-0.4, -0.2) is 4.98 Å². The molecule has 0 radical (unpaired) electrons. The predicted octanol–water partition coefficient (Wildman–Crippen LogP) is 16.4. The third-order valence-corrected chi connectivity index (χ3v) is 12.8. The van der Waals surface area contributed by atoms with Crippen LogP contribution in [0.5, 0.6) is 0 Å². The SMILES string of the molecule is N#Cc1ccc(-c2cc3c4c(c2)N(c2ccc(-c5ccccc5)cc2)c2ccc(-c5ccccc5)cc2N4c2cc(-c4ccccc4)ccc2N3c2ccc(C3=CCCC=C3)cc2)cn1. The fourth-order valence-corrected chi connectivity index (χ4v) is 9.63. The maximum atomic E-state index is 9.72. The van der Waals surface area contributed by atoms with E-state index in [9.17, 15) is 5.26 Å². The lowest BCUT2D eigenvalue weighted by Gasteiger charge is -2.47. The van der Waals surface area contributed by atoms with Gasteiger partial charge in [-0.2, -0.15) is 5.26 Å². The second-order valence-corrected chi connectivity index (χ2v) is 16.7. The second-order valence-electron chi connectivity index (χ2n) is 16.7. The number of nitrogens with zero attached hydrogens (tertiary/aromatic N) is 5. The van der Waals surface area contributed by atoms with Crippen molar-refractivity contribution in [3.63, 3.8) is 0 Å². The van der Waals surface area contributed by atoms with E-state index < -0.39 is 0 Å². The van der Waals surface area contributed by atoms with Gasteiger partial charge in [0.25, 0.3) is 0 Å². The predicted molar refractivity (Wildman–Crippen MR) is 268 cm³/mol. The highest BCUT2D eigenvalue weighted by Crippen LogP contribution is 2.64. The Bertz CT molecular complexity index is 3350. The van der Waals surface area contributed by atoms with E-state index in [1.165, 1.54) is 16.7 Å². The maximum absolute atomic E-state index is 9.72. The lowest BCUT2D eigenvalue weighted by molar-refractivity contribution is 1.04. The Labute approximate surface area is 379 Å². The summed E-state index contributed by atoms with van der Waals surface area (Å²) in [6.45, 7) is 0. The highest BCUT2D eigenvalue weighted by atomic mass is 15.3. The Balaban J connectivity index is 1.15. The summed E-state index contributed by atoms with van der Waals surface area (Å²) in [5.41, 5.74) is 21.2. The first-order valence-electron chi connectivity index (χ1n) is 22.1. The minimum atomic E-state index is 0.385. The topological polar surface area (TPSA) is 46.4 Å². The molecule has 1 aliphatic carbocycles. The van der Waals surface area contributed by atoms with Crippen LogP contribution in [0.3, 0.4) is 0 Å². The van der Waals surface area contributed by atoms with Crippen LogP contribution in [0.15, 0.2) is 225 Å². The summed E-state index contributed by atoms with van der Waals surface area (Å²) < 4.78 is 0. The van der Waals surface area contributed by atoms with Gasteiger partial charge in [-0.15, -0.1) is 0 Å². The molecule has 0 amide bonds. The first kappa shape index (κ1) is 38.0. The van der Waals surface area contributed by atoms with E-state index in [1.807, 2.05) is 12.3 Å². The molecule has 0 N–H and O–H groups in total. The first-order chi connectivity index (χ1) is 32.2. The van der Waals surface area contributed by atoms with Gasteiger partial charge in [0.15, 0.2) is 0 Å². The summed E-state index contributed by atoms with van der Waals surface area (Å²) in [6.07, 6.45) is 10.8. The van der Waals surface area contributed by atoms with Crippen LogP contribution in [0.25, 0.3) is 50.1 Å². The molecule has 5 nitrogen and oxygen atoms in total. The Morgan fingerprint density at radius 1 is 0.385 bits per heavy atom. The molecular weight excluding hydrogens is 791 g/mol. The average Bonchev–Trinajstić information content (AvgIpc) is 3.39. The number of aromatic nitrogens is 1. The molecule has 3 heterocycles. The van der Waals surface area contributed by atoms with Crippen LogP contribution in [0.1, 0.15) is 24.1 Å². The van der Waals surface area contributed by atoms with Crippen LogP contribution in [0, 0.1) is 11.3 Å². The number of anilines is 9. The molecule has 65 heavy (non-hydrogen) atoms. The monoisotopic (exact) mass is 831 g/mol. The number of pyridine rings is 1. The molecule has 12 rings (SSSR count). The molecule has 0 unspecified atom stereocenters. The van der Waals surface area contributed by atoms with Crippen molar-refractivity contribution >= 4 is 56.8 Å². The van der Waals surface area contributed by atoms with Gasteiger partial charge in [0.2, 0.25) is 0 Å². The summed E-state index contributed by atoms with van der Waals surface area (Å²) in [4.78, 5) is 11.9. The highest BCUT2D eigenvalue weighted by molar-refractivity contribution is 6.14. The zero-order valence-electron chi connectivity index (χ0n) is 35.5. The van der Waals surface area contributed by atoms with E-state index in [-0.39, 0.29) is 0 Å². The molecule has 8 aromatic carbocycles. The van der Waals surface area contributed by atoms with Crippen molar-refractivity contribution in [1.29, 1.82) is 5.26 Å². The van der Waals surface area contributed by atoms with Crippen molar-refractivity contribution in [2.45, 2.75) is 12.8 Å². The maximum Gasteiger partial charge on any atom is 0.140 e. The third kappa shape index (κ3) is 6.68. The van der Waals surface area contributed by atoms with Crippen LogP contribution < -0.4 is 14.7 Å². The van der Waals surface area contributed by atoms with Crippen LogP contribution >= 0.6 is 0 Å². The van der Waals surface area contributed by atoms with Crippen LogP contribution in [-0.2, 0) is 0 Å². The molecule has 9 aromatic rings. The second kappa shape index (κ2) is 15.9. The molecular formula is C60H41N5. The number of nitriles is 1. The van der Waals surface area contributed by atoms with Gasteiger partial charge in [0.1, 0.15) is 11.8 Å². The number of benzene rings is 8. The summed E-state index contributed by atoms with van der Waals surface area (Å²) in [7, 11) is 0. The van der Waals surface area contributed by atoms with Gasteiger partial charge in [-0.25, -0.2) is 4.98 Å². The van der Waals surface area contributed by atoms with Crippen molar-refractivity contribution in [3.8, 4) is 50.6 Å². The van der Waals surface area contributed by atoms with Gasteiger partial charge in [-0.3, -0.25) is 0 Å². The van der Waals surface area contributed by atoms with Crippen molar-refractivity contribution in [2.24, 2.45) is 0 Å². The van der Waals surface area contributed by atoms with Crippen molar-refractivity contribution in [2.75, 3.05) is 14.7 Å². The van der Waals surface area contributed by atoms with Crippen molar-refractivity contribution in [3.05, 3.63) is 236 Å². The Morgan fingerprint density at radius 3 is 1.32 bits per heavy atom. The Hall–Kier alpha value is -8.72. The molecule has 1 aromatic heterocycles. The normalized spacial score (nSPS) is 13.3. The van der Waals surface area contributed by atoms with Crippen LogP contribution in [0.2, 0.25) is 0 Å². The summed E-state index contributed by atoms with van der Waals surface area (Å²) in [5.74, 6) is 0. The molecule has 0 saturated heterocycles. The number of fused-ring (bicyclic) bond motifs is 4. The third-order valence-electron chi connectivity index (χ3n) is 12.8. The summed E-state index contributed by atoms with van der Waals surface area (Å²) in [6, 6.07) is 74.2. The van der Waals surface area contributed by atoms with Crippen LogP contribution in [0.4, 0.5) is 51.2 Å². The zero-order chi connectivity index (χ0) is 43.3. The lowest BCUT2D eigenvalue weighted by atomic mass is 9.92. The minimum absolute atomic E-state index is 0.385. The first-order valence-corrected chi connectivity index (χ1v) is 22.1. The van der Waals surface area contributed by atoms with Gasteiger partial charge in [-0.1, -0.05) is 146 Å². The molecule has 0 spiro atoms. The summed E-state index contributed by atoms with van der Waals surface area (Å²) in [5, 5.41) is 9.72. The van der Waals surface area contributed by atoms with Crippen molar-refractivity contribution in [1.82, 2.24) is 4.98 Å². The van der Waals surface area contributed by atoms with E-state index in [4.69, 9.17) is 0 Å². The van der Waals surface area contributed by atoms with Gasteiger partial charge >= 0.3 is 0 Å². The molecule has 5 heteroatoms. The molecule has 2 aliphatic heterocycles. The Morgan fingerprint density at radius 2 is 0.846 bits per heavy atom. The summed E-state index contributed by atoms with van der Waals surface area (Å²) >= 11 is 0. The molecule has 0 atom stereocenters. The van der Waals surface area contributed by atoms with Crippen molar-refractivity contribution < 1.29 is 0 Å². The van der Waals surface area contributed by atoms with Gasteiger partial charge < -0.3 is 14.7 Å². The quantitative estimate of drug-likeness (QED) is 0.160. The number of hydrogen-bond donors (Lipinski definition) is 0. The number of rotatable bonds is 7. The smallest absolute Gasteiger partial charge is 0.140 e. The molecule has 0 saturated carbocycles. The highest BCUT2D eigenvalue weighted by Gasteiger charge is 2.40. The molecule has 3 aliphatic rings. The average molecular weight is 832 g/mol. The molecule has 0 fully saturated rings. The van der Waals surface area contributed by atoms with Gasteiger partial charge in [0.05, 0.1) is 39.8 Å². The van der Waals surface area contributed by atoms with E-state index in [0.717, 1.165) is 103 Å².